The molecule has 0 radical (unpaired) electrons. The van der Waals surface area contributed by atoms with E-state index in [-0.39, 0.29) is 5.41 Å². The molecule has 0 atom stereocenters. The highest BCUT2D eigenvalue weighted by Gasteiger charge is 2.36. The number of benzene rings is 10. The summed E-state index contributed by atoms with van der Waals surface area (Å²) in [5, 5.41) is 10.2. The van der Waals surface area contributed by atoms with Crippen LogP contribution in [0.2, 0.25) is 0 Å². The second-order valence-electron chi connectivity index (χ2n) is 15.6. The van der Waals surface area contributed by atoms with Gasteiger partial charge in [-0.1, -0.05) is 190 Å². The molecule has 0 aliphatic heterocycles. The molecule has 0 N–H and O–H groups in total. The molecule has 0 unspecified atom stereocenters. The van der Waals surface area contributed by atoms with Gasteiger partial charge >= 0.3 is 0 Å². The number of fused-ring (bicyclic) bond motifs is 8. The Bertz CT molecular complexity index is 3120. The van der Waals surface area contributed by atoms with E-state index >= 15 is 0 Å². The molecule has 0 saturated carbocycles. The van der Waals surface area contributed by atoms with Crippen LogP contribution in [0.4, 0.5) is 0 Å². The van der Waals surface area contributed by atoms with Crippen LogP contribution in [0, 0.1) is 0 Å². The minimum Gasteiger partial charge on any atom is -0.0616 e. The molecule has 1 aliphatic rings. The summed E-state index contributed by atoms with van der Waals surface area (Å²) in [6, 6.07) is 72.2. The molecule has 0 bridgehead atoms. The van der Waals surface area contributed by atoms with Gasteiger partial charge in [0.2, 0.25) is 0 Å². The first-order valence-electron chi connectivity index (χ1n) is 19.3. The molecular formula is C55H38. The minimum absolute atomic E-state index is 0.0540. The zero-order chi connectivity index (χ0) is 36.7. The molecule has 0 fully saturated rings. The minimum atomic E-state index is -0.0540. The summed E-state index contributed by atoms with van der Waals surface area (Å²) in [7, 11) is 0. The van der Waals surface area contributed by atoms with Crippen molar-refractivity contribution in [2.45, 2.75) is 19.3 Å². The normalized spacial score (nSPS) is 13.1. The van der Waals surface area contributed by atoms with Crippen molar-refractivity contribution in [3.05, 3.63) is 205 Å². The van der Waals surface area contributed by atoms with Crippen molar-refractivity contribution in [1.29, 1.82) is 0 Å². The first-order chi connectivity index (χ1) is 27.0. The zero-order valence-electron chi connectivity index (χ0n) is 31.0. The molecule has 0 heteroatoms. The van der Waals surface area contributed by atoms with Crippen LogP contribution in [-0.4, -0.2) is 0 Å². The molecule has 258 valence electrons. The maximum Gasteiger partial charge on any atom is 0.0159 e. The Labute approximate surface area is 322 Å². The van der Waals surface area contributed by atoms with Crippen molar-refractivity contribution in [3.8, 4) is 55.6 Å². The van der Waals surface area contributed by atoms with Gasteiger partial charge in [0, 0.05) is 5.41 Å². The maximum atomic E-state index is 2.44. The lowest BCUT2D eigenvalue weighted by Gasteiger charge is -2.22. The van der Waals surface area contributed by atoms with E-state index in [1.54, 1.807) is 0 Å². The Morgan fingerprint density at radius 1 is 0.273 bits per heavy atom. The lowest BCUT2D eigenvalue weighted by molar-refractivity contribution is 0.661. The zero-order valence-corrected chi connectivity index (χ0v) is 31.0. The molecule has 11 rings (SSSR count). The van der Waals surface area contributed by atoms with E-state index in [2.05, 4.69) is 208 Å². The lowest BCUT2D eigenvalue weighted by Crippen LogP contribution is -2.14. The largest absolute Gasteiger partial charge is 0.0616 e. The van der Waals surface area contributed by atoms with E-state index in [9.17, 15) is 0 Å². The second kappa shape index (κ2) is 12.1. The Morgan fingerprint density at radius 2 is 0.800 bits per heavy atom. The highest BCUT2D eigenvalue weighted by atomic mass is 14.4. The van der Waals surface area contributed by atoms with Gasteiger partial charge in [-0.3, -0.25) is 0 Å². The van der Waals surface area contributed by atoms with E-state index in [0.717, 1.165) is 0 Å². The lowest BCUT2D eigenvalue weighted by atomic mass is 9.81. The predicted octanol–water partition coefficient (Wildman–Crippen LogP) is 15.3. The van der Waals surface area contributed by atoms with Gasteiger partial charge in [0.25, 0.3) is 0 Å². The standard InChI is InChI=1S/C55H38/c1-55(2)50-30-29-39(34-49(50)54-43-20-6-5-15-36(43)28-31-51(54)55)38-17-13-18-41(33-38)52-45-22-9-11-24-47(45)53(48-25-12-10-23-46(48)52)44-21-8-7-19-42(44)40-27-26-35-14-3-4-16-37(35)32-40/h3-34H,1-2H3. The van der Waals surface area contributed by atoms with Crippen molar-refractivity contribution < 1.29 is 0 Å². The highest BCUT2D eigenvalue weighted by Crippen LogP contribution is 2.52. The van der Waals surface area contributed by atoms with Crippen molar-refractivity contribution in [3.63, 3.8) is 0 Å². The van der Waals surface area contributed by atoms with Gasteiger partial charge in [0.1, 0.15) is 0 Å². The first kappa shape index (κ1) is 31.7. The van der Waals surface area contributed by atoms with Gasteiger partial charge < -0.3 is 0 Å². The van der Waals surface area contributed by atoms with Crippen LogP contribution >= 0.6 is 0 Å². The van der Waals surface area contributed by atoms with Crippen LogP contribution < -0.4 is 0 Å². The molecule has 0 amide bonds. The molecule has 0 aromatic heterocycles. The Morgan fingerprint density at radius 3 is 1.55 bits per heavy atom. The van der Waals surface area contributed by atoms with Crippen molar-refractivity contribution in [2.24, 2.45) is 0 Å². The van der Waals surface area contributed by atoms with Crippen LogP contribution in [0.25, 0.3) is 98.7 Å². The fraction of sp³-hybridized carbons (Fsp3) is 0.0545. The van der Waals surface area contributed by atoms with E-state index < -0.39 is 0 Å². The van der Waals surface area contributed by atoms with Crippen LogP contribution in [0.15, 0.2) is 194 Å². The quantitative estimate of drug-likeness (QED) is 0.161. The summed E-state index contributed by atoms with van der Waals surface area (Å²) in [6.07, 6.45) is 0. The maximum absolute atomic E-state index is 2.44. The first-order valence-corrected chi connectivity index (χ1v) is 19.3. The number of rotatable bonds is 4. The summed E-state index contributed by atoms with van der Waals surface area (Å²) in [6.45, 7) is 4.74. The second-order valence-corrected chi connectivity index (χ2v) is 15.6. The Kier molecular flexibility index (Phi) is 7.00. The Hall–Kier alpha value is -6.76. The van der Waals surface area contributed by atoms with Crippen LogP contribution in [-0.2, 0) is 5.41 Å². The molecular weight excluding hydrogens is 661 g/mol. The van der Waals surface area contributed by atoms with E-state index in [1.165, 1.54) is 110 Å². The monoisotopic (exact) mass is 698 g/mol. The van der Waals surface area contributed by atoms with Gasteiger partial charge in [-0.05, 0) is 128 Å². The van der Waals surface area contributed by atoms with E-state index in [1.807, 2.05) is 0 Å². The topological polar surface area (TPSA) is 0 Å². The van der Waals surface area contributed by atoms with Gasteiger partial charge in [0.15, 0.2) is 0 Å². The molecule has 55 heavy (non-hydrogen) atoms. The predicted molar refractivity (Wildman–Crippen MR) is 236 cm³/mol. The number of hydrogen-bond donors (Lipinski definition) is 0. The fourth-order valence-corrected chi connectivity index (χ4v) is 9.60. The third kappa shape index (κ3) is 4.85. The van der Waals surface area contributed by atoms with Gasteiger partial charge in [-0.25, -0.2) is 0 Å². The number of hydrogen-bond acceptors (Lipinski definition) is 0. The SMILES string of the molecule is CC1(C)c2ccc(-c3cccc(-c4c5ccccc5c(-c5ccccc5-c5ccc6ccccc6c5)c5ccccc45)c3)cc2-c2c1ccc1ccccc21. The third-order valence-electron chi connectivity index (χ3n) is 12.2. The summed E-state index contributed by atoms with van der Waals surface area (Å²) in [5.41, 5.74) is 15.5. The summed E-state index contributed by atoms with van der Waals surface area (Å²) < 4.78 is 0. The van der Waals surface area contributed by atoms with Crippen molar-refractivity contribution in [2.75, 3.05) is 0 Å². The van der Waals surface area contributed by atoms with Gasteiger partial charge in [-0.15, -0.1) is 0 Å². The molecule has 10 aromatic carbocycles. The van der Waals surface area contributed by atoms with E-state index in [0.29, 0.717) is 0 Å². The average molecular weight is 699 g/mol. The van der Waals surface area contributed by atoms with Gasteiger partial charge in [0.05, 0.1) is 0 Å². The third-order valence-corrected chi connectivity index (χ3v) is 12.2. The van der Waals surface area contributed by atoms with Crippen LogP contribution in [0.1, 0.15) is 25.0 Å². The molecule has 0 heterocycles. The van der Waals surface area contributed by atoms with Crippen molar-refractivity contribution in [1.82, 2.24) is 0 Å². The average Bonchev–Trinajstić information content (AvgIpc) is 3.48. The molecule has 10 aromatic rings. The van der Waals surface area contributed by atoms with Crippen LogP contribution in [0.3, 0.4) is 0 Å². The van der Waals surface area contributed by atoms with Crippen molar-refractivity contribution >= 4 is 43.1 Å². The fourth-order valence-electron chi connectivity index (χ4n) is 9.60. The van der Waals surface area contributed by atoms with E-state index in [4.69, 9.17) is 0 Å². The molecule has 0 spiro atoms. The summed E-state index contributed by atoms with van der Waals surface area (Å²) in [5.74, 6) is 0. The van der Waals surface area contributed by atoms with Crippen LogP contribution in [0.5, 0.6) is 0 Å². The van der Waals surface area contributed by atoms with Gasteiger partial charge in [-0.2, -0.15) is 0 Å². The Balaban J connectivity index is 1.10. The summed E-state index contributed by atoms with van der Waals surface area (Å²) >= 11 is 0. The molecule has 1 aliphatic carbocycles. The molecule has 0 nitrogen and oxygen atoms in total. The summed E-state index contributed by atoms with van der Waals surface area (Å²) in [4.78, 5) is 0. The smallest absolute Gasteiger partial charge is 0.0159 e. The molecule has 0 saturated heterocycles. The highest BCUT2D eigenvalue weighted by molar-refractivity contribution is 6.22.